The zero-order chi connectivity index (χ0) is 24.8. The van der Waals surface area contributed by atoms with Crippen LogP contribution in [0.5, 0.6) is 0 Å². The normalized spacial score (nSPS) is 10.7. The standard InChI is InChI=1S/C24H25N7O3S/c1-31(2)21(32)12-15-9-10-25-20(11-15)29-24-28-19-8-7-18(27-23(19)35-24)14-26-17-6-4-5-16(13-17)22(33)30-34-3/h4-11,13,26H,12,14H2,1-3H3,(H,30,33)(H,25,28,29). The zero-order valence-electron chi connectivity index (χ0n) is 19.5. The second-order valence-electron chi connectivity index (χ2n) is 7.85. The van der Waals surface area contributed by atoms with Crippen LogP contribution in [0.1, 0.15) is 21.6 Å². The molecule has 0 aliphatic rings. The van der Waals surface area contributed by atoms with Crippen molar-refractivity contribution >= 4 is 50.1 Å². The molecule has 3 heterocycles. The lowest BCUT2D eigenvalue weighted by atomic mass is 10.2. The van der Waals surface area contributed by atoms with E-state index in [0.717, 1.165) is 27.3 Å². The second kappa shape index (κ2) is 10.9. The van der Waals surface area contributed by atoms with Gasteiger partial charge in [-0.3, -0.25) is 14.4 Å². The fourth-order valence-electron chi connectivity index (χ4n) is 3.22. The van der Waals surface area contributed by atoms with Crippen molar-refractivity contribution in [3.05, 3.63) is 71.5 Å². The van der Waals surface area contributed by atoms with Crippen molar-refractivity contribution < 1.29 is 14.4 Å². The SMILES string of the molecule is CONC(=O)c1cccc(NCc2ccc3nc(Nc4cc(CC(=O)N(C)C)ccn4)sc3n2)c1. The first-order valence-corrected chi connectivity index (χ1v) is 11.6. The summed E-state index contributed by atoms with van der Waals surface area (Å²) in [5.41, 5.74) is 6.07. The highest BCUT2D eigenvalue weighted by molar-refractivity contribution is 7.21. The number of aromatic nitrogens is 3. The lowest BCUT2D eigenvalue weighted by Crippen LogP contribution is -2.23. The number of nitrogens with zero attached hydrogens (tertiary/aromatic N) is 4. The average molecular weight is 492 g/mol. The number of rotatable bonds is 9. The minimum absolute atomic E-state index is 0.0254. The molecule has 0 saturated carbocycles. The number of hydrogen-bond acceptors (Lipinski definition) is 9. The highest BCUT2D eigenvalue weighted by atomic mass is 32.1. The lowest BCUT2D eigenvalue weighted by molar-refractivity contribution is -0.127. The molecule has 4 aromatic rings. The van der Waals surface area contributed by atoms with Crippen LogP contribution < -0.4 is 16.1 Å². The molecule has 0 saturated heterocycles. The van der Waals surface area contributed by atoms with Crippen LogP contribution in [0.4, 0.5) is 16.6 Å². The van der Waals surface area contributed by atoms with Gasteiger partial charge in [0.2, 0.25) is 5.91 Å². The molecule has 0 fully saturated rings. The largest absolute Gasteiger partial charge is 0.379 e. The van der Waals surface area contributed by atoms with E-state index in [9.17, 15) is 9.59 Å². The van der Waals surface area contributed by atoms with Crippen molar-refractivity contribution in [1.29, 1.82) is 0 Å². The Morgan fingerprint density at radius 2 is 1.94 bits per heavy atom. The molecule has 0 bridgehead atoms. The first kappa shape index (κ1) is 24.0. The van der Waals surface area contributed by atoms with Gasteiger partial charge in [0.05, 0.1) is 25.8 Å². The maximum absolute atomic E-state index is 12.0. The van der Waals surface area contributed by atoms with Crippen molar-refractivity contribution in [2.45, 2.75) is 13.0 Å². The topological polar surface area (TPSA) is 121 Å². The predicted molar refractivity (Wildman–Crippen MR) is 136 cm³/mol. The number of amides is 2. The van der Waals surface area contributed by atoms with Crippen molar-refractivity contribution in [2.75, 3.05) is 31.8 Å². The quantitative estimate of drug-likeness (QED) is 0.305. The van der Waals surface area contributed by atoms with E-state index in [-0.39, 0.29) is 11.8 Å². The summed E-state index contributed by atoms with van der Waals surface area (Å²) in [5.74, 6) is 0.328. The number of hydrogen-bond donors (Lipinski definition) is 3. The summed E-state index contributed by atoms with van der Waals surface area (Å²) in [6.07, 6.45) is 1.98. The molecule has 3 N–H and O–H groups in total. The van der Waals surface area contributed by atoms with Crippen LogP contribution in [0.3, 0.4) is 0 Å². The van der Waals surface area contributed by atoms with Crippen LogP contribution in [0.25, 0.3) is 10.3 Å². The van der Waals surface area contributed by atoms with Gasteiger partial charge < -0.3 is 15.5 Å². The van der Waals surface area contributed by atoms with Crippen LogP contribution in [0.15, 0.2) is 54.7 Å². The van der Waals surface area contributed by atoms with Crippen LogP contribution in [-0.2, 0) is 22.6 Å². The number of pyridine rings is 2. The van der Waals surface area contributed by atoms with Crippen molar-refractivity contribution in [3.63, 3.8) is 0 Å². The molecule has 4 rings (SSSR count). The third-order valence-corrected chi connectivity index (χ3v) is 5.90. The molecule has 35 heavy (non-hydrogen) atoms. The Morgan fingerprint density at radius 3 is 2.74 bits per heavy atom. The minimum Gasteiger partial charge on any atom is -0.379 e. The first-order chi connectivity index (χ1) is 16.9. The number of anilines is 3. The molecular formula is C24H25N7O3S. The number of carbonyl (C=O) groups is 2. The third-order valence-electron chi connectivity index (χ3n) is 5.02. The van der Waals surface area contributed by atoms with Gasteiger partial charge in [-0.15, -0.1) is 0 Å². The van der Waals surface area contributed by atoms with Gasteiger partial charge >= 0.3 is 0 Å². The number of nitrogens with one attached hydrogen (secondary N) is 3. The van der Waals surface area contributed by atoms with Crippen molar-refractivity contribution in [2.24, 2.45) is 0 Å². The monoisotopic (exact) mass is 491 g/mol. The summed E-state index contributed by atoms with van der Waals surface area (Å²) in [7, 11) is 4.86. The Bertz CT molecular complexity index is 1360. The fourth-order valence-corrected chi connectivity index (χ4v) is 4.08. The Hall–Kier alpha value is -4.09. The summed E-state index contributed by atoms with van der Waals surface area (Å²) in [6, 6.07) is 14.6. The summed E-state index contributed by atoms with van der Waals surface area (Å²) >= 11 is 1.42. The second-order valence-corrected chi connectivity index (χ2v) is 8.83. The number of benzene rings is 1. The molecule has 0 spiro atoms. The Balaban J connectivity index is 1.42. The maximum Gasteiger partial charge on any atom is 0.274 e. The van der Waals surface area contributed by atoms with Crippen LogP contribution in [0.2, 0.25) is 0 Å². The minimum atomic E-state index is -0.315. The Kier molecular flexibility index (Phi) is 7.48. The number of carbonyl (C=O) groups excluding carboxylic acids is 2. The van der Waals surface area contributed by atoms with Gasteiger partial charge in [0, 0.05) is 31.5 Å². The fraction of sp³-hybridized carbons (Fsp3) is 0.208. The maximum atomic E-state index is 12.0. The first-order valence-electron chi connectivity index (χ1n) is 10.8. The molecule has 2 amide bonds. The van der Waals surface area contributed by atoms with E-state index in [2.05, 4.69) is 30.9 Å². The van der Waals surface area contributed by atoms with Gasteiger partial charge in [0.1, 0.15) is 16.2 Å². The molecule has 3 aromatic heterocycles. The summed E-state index contributed by atoms with van der Waals surface area (Å²) in [4.78, 5) is 44.6. The number of hydroxylamine groups is 1. The average Bonchev–Trinajstić information content (AvgIpc) is 3.24. The number of thiazole rings is 1. The van der Waals surface area contributed by atoms with Crippen LogP contribution >= 0.6 is 11.3 Å². The van der Waals surface area contributed by atoms with E-state index >= 15 is 0 Å². The van der Waals surface area contributed by atoms with Crippen molar-refractivity contribution in [3.8, 4) is 0 Å². The van der Waals surface area contributed by atoms with Gasteiger partial charge in [-0.25, -0.2) is 20.4 Å². The van der Waals surface area contributed by atoms with Gasteiger partial charge in [0.15, 0.2) is 5.13 Å². The highest BCUT2D eigenvalue weighted by Crippen LogP contribution is 2.27. The zero-order valence-corrected chi connectivity index (χ0v) is 20.3. The van der Waals surface area contributed by atoms with Crippen LogP contribution in [-0.4, -0.2) is 52.9 Å². The molecule has 1 aromatic carbocycles. The summed E-state index contributed by atoms with van der Waals surface area (Å²) < 4.78 is 0. The molecule has 10 nitrogen and oxygen atoms in total. The van der Waals surface area contributed by atoms with Gasteiger partial charge in [-0.2, -0.15) is 0 Å². The smallest absolute Gasteiger partial charge is 0.274 e. The van der Waals surface area contributed by atoms with Crippen LogP contribution in [0, 0.1) is 0 Å². The summed E-state index contributed by atoms with van der Waals surface area (Å²) in [5, 5.41) is 7.16. The van der Waals surface area contributed by atoms with E-state index < -0.39 is 0 Å². The lowest BCUT2D eigenvalue weighted by Gasteiger charge is -2.10. The molecule has 0 aliphatic heterocycles. The number of fused-ring (bicyclic) bond motifs is 1. The molecule has 180 valence electrons. The Morgan fingerprint density at radius 1 is 1.09 bits per heavy atom. The van der Waals surface area contributed by atoms with E-state index in [0.29, 0.717) is 29.5 Å². The van der Waals surface area contributed by atoms with E-state index in [1.165, 1.54) is 18.4 Å². The Labute approximate surface area is 206 Å². The van der Waals surface area contributed by atoms with Crippen molar-refractivity contribution in [1.82, 2.24) is 25.3 Å². The molecular weight excluding hydrogens is 466 g/mol. The van der Waals surface area contributed by atoms with Gasteiger partial charge in [-0.05, 0) is 48.0 Å². The molecule has 11 heteroatoms. The highest BCUT2D eigenvalue weighted by Gasteiger charge is 2.10. The molecule has 0 aliphatic carbocycles. The third kappa shape index (κ3) is 6.28. The molecule has 0 atom stereocenters. The molecule has 0 unspecified atom stereocenters. The number of likely N-dealkylation sites (N-methyl/N-ethyl adjacent to an activating group) is 1. The van der Waals surface area contributed by atoms with Gasteiger partial charge in [0.25, 0.3) is 5.91 Å². The summed E-state index contributed by atoms with van der Waals surface area (Å²) in [6.45, 7) is 0.482. The van der Waals surface area contributed by atoms with E-state index in [1.807, 2.05) is 30.3 Å². The molecule has 0 radical (unpaired) electrons. The van der Waals surface area contributed by atoms with Gasteiger partial charge in [-0.1, -0.05) is 17.4 Å². The predicted octanol–water partition coefficient (Wildman–Crippen LogP) is 3.36. The van der Waals surface area contributed by atoms with E-state index in [4.69, 9.17) is 4.98 Å². The van der Waals surface area contributed by atoms with E-state index in [1.54, 1.807) is 43.4 Å².